The molecule has 1 N–H and O–H groups in total. The Labute approximate surface area is 128 Å². The Morgan fingerprint density at radius 1 is 1.20 bits per heavy atom. The smallest absolute Gasteiger partial charge is 0.243 e. The molecule has 0 heterocycles. The van der Waals surface area contributed by atoms with Crippen molar-refractivity contribution >= 4 is 27.5 Å². The number of nitrogens with one attached hydrogen (secondary N) is 1. The lowest BCUT2D eigenvalue weighted by Crippen LogP contribution is -2.22. The van der Waals surface area contributed by atoms with Crippen LogP contribution in [0.1, 0.15) is 38.2 Å². The van der Waals surface area contributed by atoms with Crippen LogP contribution in [0.4, 0.5) is 0 Å². The molecule has 2 aliphatic rings. The van der Waals surface area contributed by atoms with Crippen molar-refractivity contribution in [2.75, 3.05) is 0 Å². The zero-order valence-electron chi connectivity index (χ0n) is 11.6. The molecule has 4 heteroatoms. The van der Waals surface area contributed by atoms with Gasteiger partial charge in [0, 0.05) is 10.4 Å². The Bertz CT molecular complexity index is 526. The van der Waals surface area contributed by atoms with Crippen LogP contribution in [-0.2, 0) is 4.79 Å². The summed E-state index contributed by atoms with van der Waals surface area (Å²) in [6, 6.07) is 7.94. The van der Waals surface area contributed by atoms with E-state index >= 15 is 0 Å². The number of halogens is 1. The minimum atomic E-state index is 0.110. The third-order valence-electron chi connectivity index (χ3n) is 4.56. The first-order chi connectivity index (χ1) is 9.66. The van der Waals surface area contributed by atoms with Gasteiger partial charge in [-0.1, -0.05) is 40.9 Å². The van der Waals surface area contributed by atoms with Crippen LogP contribution in [0.5, 0.6) is 0 Å². The van der Waals surface area contributed by atoms with Crippen molar-refractivity contribution < 1.29 is 4.79 Å². The number of carbonyl (C=O) groups is 1. The predicted molar refractivity (Wildman–Crippen MR) is 83.4 cm³/mol. The van der Waals surface area contributed by atoms with E-state index in [1.54, 1.807) is 0 Å². The molecule has 0 bridgehead atoms. The normalized spacial score (nSPS) is 28.7. The van der Waals surface area contributed by atoms with Crippen molar-refractivity contribution in [2.24, 2.45) is 22.9 Å². The van der Waals surface area contributed by atoms with Gasteiger partial charge in [-0.3, -0.25) is 4.79 Å². The minimum Gasteiger partial charge on any atom is -0.273 e. The highest BCUT2D eigenvalue weighted by atomic mass is 79.9. The Balaban J connectivity index is 1.59. The quantitative estimate of drug-likeness (QED) is 0.664. The molecule has 0 radical (unpaired) electrons. The van der Waals surface area contributed by atoms with Gasteiger partial charge in [0.25, 0.3) is 0 Å². The lowest BCUT2D eigenvalue weighted by molar-refractivity contribution is -0.122. The molecule has 1 amide bonds. The summed E-state index contributed by atoms with van der Waals surface area (Å²) in [5.74, 6) is 1.59. The van der Waals surface area contributed by atoms with Crippen molar-refractivity contribution in [3.8, 4) is 0 Å². The number of rotatable bonds is 3. The molecule has 0 saturated heterocycles. The van der Waals surface area contributed by atoms with Gasteiger partial charge in [0.05, 0.1) is 5.71 Å². The summed E-state index contributed by atoms with van der Waals surface area (Å²) in [7, 11) is 0. The van der Waals surface area contributed by atoms with Gasteiger partial charge in [-0.25, -0.2) is 5.43 Å². The van der Waals surface area contributed by atoms with Gasteiger partial charge < -0.3 is 0 Å². The zero-order chi connectivity index (χ0) is 14.1. The van der Waals surface area contributed by atoms with Gasteiger partial charge in [0.2, 0.25) is 5.91 Å². The van der Waals surface area contributed by atoms with Crippen molar-refractivity contribution in [2.45, 2.75) is 32.6 Å². The molecular weight excluding hydrogens is 316 g/mol. The first-order valence-electron chi connectivity index (χ1n) is 7.27. The summed E-state index contributed by atoms with van der Waals surface area (Å²) >= 11 is 3.41. The maximum atomic E-state index is 12.1. The third kappa shape index (κ3) is 2.80. The Hall–Kier alpha value is -1.16. The van der Waals surface area contributed by atoms with Crippen LogP contribution >= 0.6 is 15.9 Å². The summed E-state index contributed by atoms with van der Waals surface area (Å²) in [6.07, 6.45) is 5.01. The molecule has 1 aromatic rings. The summed E-state index contributed by atoms with van der Waals surface area (Å²) in [5, 5.41) is 4.24. The Morgan fingerprint density at radius 3 is 2.40 bits per heavy atom. The van der Waals surface area contributed by atoms with E-state index in [4.69, 9.17) is 0 Å². The monoisotopic (exact) mass is 334 g/mol. The fraction of sp³-hybridized carbons (Fsp3) is 0.500. The topological polar surface area (TPSA) is 41.5 Å². The van der Waals surface area contributed by atoms with Crippen LogP contribution in [-0.4, -0.2) is 11.6 Å². The number of amides is 1. The van der Waals surface area contributed by atoms with Crippen LogP contribution in [0.15, 0.2) is 33.8 Å². The molecule has 2 saturated carbocycles. The molecule has 0 aliphatic heterocycles. The standard InChI is InChI=1S/C16H19BrN2O/c1-10(11-6-8-12(17)9-7-11)18-19-16(20)15-13-4-2-3-5-14(13)15/h6-9,13-15H,2-5H2,1H3,(H,19,20)/b18-10-/t13-,14-/m0/s1. The van der Waals surface area contributed by atoms with Crippen LogP contribution in [0.2, 0.25) is 0 Å². The fourth-order valence-electron chi connectivity index (χ4n) is 3.35. The molecule has 3 nitrogen and oxygen atoms in total. The van der Waals surface area contributed by atoms with E-state index < -0.39 is 0 Å². The molecule has 20 heavy (non-hydrogen) atoms. The van der Waals surface area contributed by atoms with Crippen LogP contribution in [0.3, 0.4) is 0 Å². The molecule has 0 spiro atoms. The van der Waals surface area contributed by atoms with E-state index in [1.807, 2.05) is 31.2 Å². The van der Waals surface area contributed by atoms with Gasteiger partial charge in [-0.05, 0) is 49.3 Å². The molecule has 0 unspecified atom stereocenters. The highest BCUT2D eigenvalue weighted by Crippen LogP contribution is 2.55. The van der Waals surface area contributed by atoms with Crippen molar-refractivity contribution in [3.05, 3.63) is 34.3 Å². The summed E-state index contributed by atoms with van der Waals surface area (Å²) < 4.78 is 1.04. The van der Waals surface area contributed by atoms with Crippen LogP contribution in [0.25, 0.3) is 0 Å². The molecule has 1 aromatic carbocycles. The van der Waals surface area contributed by atoms with Gasteiger partial charge in [-0.2, -0.15) is 5.10 Å². The molecule has 2 fully saturated rings. The van der Waals surface area contributed by atoms with Gasteiger partial charge in [0.1, 0.15) is 0 Å². The van der Waals surface area contributed by atoms with Gasteiger partial charge in [0.15, 0.2) is 0 Å². The van der Waals surface area contributed by atoms with E-state index in [0.717, 1.165) is 15.7 Å². The third-order valence-corrected chi connectivity index (χ3v) is 5.08. The lowest BCUT2D eigenvalue weighted by atomic mass is 10.0. The number of nitrogens with zero attached hydrogens (tertiary/aromatic N) is 1. The highest BCUT2D eigenvalue weighted by Gasteiger charge is 2.54. The second-order valence-corrected chi connectivity index (χ2v) is 6.73. The number of fused-ring (bicyclic) bond motifs is 1. The number of hydrazone groups is 1. The van der Waals surface area contributed by atoms with Gasteiger partial charge >= 0.3 is 0 Å². The van der Waals surface area contributed by atoms with Gasteiger partial charge in [-0.15, -0.1) is 0 Å². The average molecular weight is 335 g/mol. The summed E-state index contributed by atoms with van der Waals surface area (Å²) in [5.41, 5.74) is 4.62. The fourth-order valence-corrected chi connectivity index (χ4v) is 3.61. The minimum absolute atomic E-state index is 0.110. The van der Waals surface area contributed by atoms with Crippen LogP contribution < -0.4 is 5.43 Å². The van der Waals surface area contributed by atoms with Crippen molar-refractivity contribution in [3.63, 3.8) is 0 Å². The second-order valence-electron chi connectivity index (χ2n) is 5.82. The van der Waals surface area contributed by atoms with E-state index in [9.17, 15) is 4.79 Å². The first-order valence-corrected chi connectivity index (χ1v) is 8.06. The molecule has 106 valence electrons. The SMILES string of the molecule is C/C(=N/NC(=O)C1[C@H]2CCCC[C@H]12)c1ccc(Br)cc1. The number of hydrogen-bond donors (Lipinski definition) is 1. The summed E-state index contributed by atoms with van der Waals surface area (Å²) in [4.78, 5) is 12.1. The molecule has 2 atom stereocenters. The Morgan fingerprint density at radius 2 is 1.80 bits per heavy atom. The first kappa shape index (κ1) is 13.8. The van der Waals surface area contributed by atoms with Crippen LogP contribution in [0, 0.1) is 17.8 Å². The average Bonchev–Trinajstić information content (AvgIpc) is 3.19. The molecule has 0 aromatic heterocycles. The highest BCUT2D eigenvalue weighted by molar-refractivity contribution is 9.10. The summed E-state index contributed by atoms with van der Waals surface area (Å²) in [6.45, 7) is 1.92. The second kappa shape index (κ2) is 5.68. The Kier molecular flexibility index (Phi) is 3.92. The number of hydrogen-bond acceptors (Lipinski definition) is 2. The van der Waals surface area contributed by atoms with E-state index in [-0.39, 0.29) is 11.8 Å². The van der Waals surface area contributed by atoms with Crippen molar-refractivity contribution in [1.29, 1.82) is 0 Å². The van der Waals surface area contributed by atoms with E-state index in [2.05, 4.69) is 26.5 Å². The maximum absolute atomic E-state index is 12.1. The number of benzene rings is 1. The largest absolute Gasteiger partial charge is 0.273 e. The maximum Gasteiger partial charge on any atom is 0.243 e. The molecule has 2 aliphatic carbocycles. The lowest BCUT2D eigenvalue weighted by Gasteiger charge is -2.04. The predicted octanol–water partition coefficient (Wildman–Crippen LogP) is 3.73. The van der Waals surface area contributed by atoms with E-state index in [0.29, 0.717) is 11.8 Å². The zero-order valence-corrected chi connectivity index (χ0v) is 13.2. The van der Waals surface area contributed by atoms with E-state index in [1.165, 1.54) is 25.7 Å². The van der Waals surface area contributed by atoms with Crippen molar-refractivity contribution in [1.82, 2.24) is 5.43 Å². The number of carbonyl (C=O) groups excluding carboxylic acids is 1. The molecular formula is C16H19BrN2O. The molecule has 3 rings (SSSR count).